The molecule has 0 saturated carbocycles. The lowest BCUT2D eigenvalue weighted by Gasteiger charge is -2.27. The average molecular weight is 372 g/mol. The number of rotatable bonds is 3. The summed E-state index contributed by atoms with van der Waals surface area (Å²) in [5.74, 6) is -1.53. The molecular weight excluding hydrogens is 363 g/mol. The number of carbonyl (C=O) groups is 1. The Balaban J connectivity index is 1.94. The molecule has 1 N–H and O–H groups in total. The lowest BCUT2D eigenvalue weighted by Crippen LogP contribution is -2.40. The van der Waals surface area contributed by atoms with E-state index in [1.54, 1.807) is 6.07 Å². The Morgan fingerprint density at radius 1 is 1.28 bits per heavy atom. The number of hydrogen-bond donors (Lipinski definition) is 1. The van der Waals surface area contributed by atoms with Crippen LogP contribution in [0.1, 0.15) is 5.56 Å². The number of nitrogens with zero attached hydrogens (tertiary/aromatic N) is 1. The zero-order valence-corrected chi connectivity index (χ0v) is 13.0. The molecule has 1 aromatic heterocycles. The molecule has 9 heteroatoms. The first kappa shape index (κ1) is 17.1. The van der Waals surface area contributed by atoms with Gasteiger partial charge < -0.3 is 14.6 Å². The van der Waals surface area contributed by atoms with Gasteiger partial charge >= 0.3 is 12.1 Å². The van der Waals surface area contributed by atoms with Gasteiger partial charge in [-0.1, -0.05) is 17.7 Å². The van der Waals surface area contributed by atoms with Crippen molar-refractivity contribution in [2.75, 3.05) is 0 Å². The van der Waals surface area contributed by atoms with E-state index in [9.17, 15) is 18.0 Å². The molecule has 0 bridgehead atoms. The maximum absolute atomic E-state index is 13.1. The van der Waals surface area contributed by atoms with Crippen LogP contribution in [-0.2, 0) is 4.79 Å². The fourth-order valence-corrected chi connectivity index (χ4v) is 2.37. The van der Waals surface area contributed by atoms with Crippen LogP contribution < -0.4 is 9.47 Å². The maximum Gasteiger partial charge on any atom is 0.430 e. The standard InChI is InChI=1S/C16H9ClF3NO4/c17-12-2-1-3-13(21-12)24-9-5-4-8-6-10(15(22)23)14(16(18,19)20)25-11(8)7-9/h1-7,14H,(H,22,23). The second-order valence-electron chi connectivity index (χ2n) is 5.04. The molecule has 0 aliphatic carbocycles. The number of ether oxygens (including phenoxy) is 2. The van der Waals surface area contributed by atoms with Crippen molar-refractivity contribution < 1.29 is 32.5 Å². The van der Waals surface area contributed by atoms with E-state index < -0.39 is 23.8 Å². The third kappa shape index (κ3) is 3.69. The Kier molecular flexibility index (Phi) is 4.30. The summed E-state index contributed by atoms with van der Waals surface area (Å²) < 4.78 is 49.5. The van der Waals surface area contributed by atoms with Crippen LogP contribution in [0.3, 0.4) is 0 Å². The van der Waals surface area contributed by atoms with Gasteiger partial charge in [0.25, 0.3) is 0 Å². The number of fused-ring (bicyclic) bond motifs is 1. The quantitative estimate of drug-likeness (QED) is 0.814. The van der Waals surface area contributed by atoms with Crippen LogP contribution in [0.5, 0.6) is 17.4 Å². The highest BCUT2D eigenvalue weighted by molar-refractivity contribution is 6.29. The van der Waals surface area contributed by atoms with Crippen molar-refractivity contribution in [3.8, 4) is 17.4 Å². The highest BCUT2D eigenvalue weighted by Gasteiger charge is 2.48. The zero-order valence-electron chi connectivity index (χ0n) is 12.2. The SMILES string of the molecule is O=C(O)C1=Cc2ccc(Oc3cccc(Cl)n3)cc2OC1C(F)(F)F. The molecule has 0 fully saturated rings. The molecule has 0 spiro atoms. The molecular formula is C16H9ClF3NO4. The number of carboxylic acid groups (broad SMARTS) is 1. The molecule has 0 radical (unpaired) electrons. The number of pyridine rings is 1. The Morgan fingerprint density at radius 2 is 2.04 bits per heavy atom. The van der Waals surface area contributed by atoms with Crippen molar-refractivity contribution in [1.29, 1.82) is 0 Å². The summed E-state index contributed by atoms with van der Waals surface area (Å²) in [5, 5.41) is 9.17. The first-order valence-electron chi connectivity index (χ1n) is 6.87. The van der Waals surface area contributed by atoms with Gasteiger partial charge in [0.2, 0.25) is 12.0 Å². The number of aromatic nitrogens is 1. The molecule has 0 saturated heterocycles. The van der Waals surface area contributed by atoms with E-state index in [0.29, 0.717) is 0 Å². The van der Waals surface area contributed by atoms with E-state index in [4.69, 9.17) is 26.2 Å². The monoisotopic (exact) mass is 371 g/mol. The Labute approximate surface area is 144 Å². The average Bonchev–Trinajstić information content (AvgIpc) is 2.52. The fourth-order valence-electron chi connectivity index (χ4n) is 2.22. The third-order valence-electron chi connectivity index (χ3n) is 3.28. The minimum atomic E-state index is -4.87. The highest BCUT2D eigenvalue weighted by Crippen LogP contribution is 2.39. The molecule has 1 unspecified atom stereocenters. The summed E-state index contributed by atoms with van der Waals surface area (Å²) in [6.07, 6.45) is -6.49. The van der Waals surface area contributed by atoms with Crippen molar-refractivity contribution in [3.63, 3.8) is 0 Å². The Bertz CT molecular complexity index is 867. The number of aliphatic carboxylic acids is 1. The van der Waals surface area contributed by atoms with Gasteiger partial charge in [-0.2, -0.15) is 13.2 Å². The van der Waals surface area contributed by atoms with Gasteiger partial charge in [-0.25, -0.2) is 9.78 Å². The molecule has 2 aromatic rings. The van der Waals surface area contributed by atoms with Crippen molar-refractivity contribution in [1.82, 2.24) is 4.98 Å². The minimum Gasteiger partial charge on any atom is -0.478 e. The van der Waals surface area contributed by atoms with Crippen LogP contribution in [0, 0.1) is 0 Å². The largest absolute Gasteiger partial charge is 0.478 e. The van der Waals surface area contributed by atoms with E-state index in [-0.39, 0.29) is 28.1 Å². The van der Waals surface area contributed by atoms with Crippen molar-refractivity contribution >= 4 is 23.6 Å². The first-order chi connectivity index (χ1) is 11.7. The Morgan fingerprint density at radius 3 is 2.68 bits per heavy atom. The summed E-state index contributed by atoms with van der Waals surface area (Å²) in [6, 6.07) is 8.73. The summed E-state index contributed by atoms with van der Waals surface area (Å²) in [6.45, 7) is 0. The minimum absolute atomic E-state index is 0.146. The predicted octanol–water partition coefficient (Wildman–Crippen LogP) is 4.32. The van der Waals surface area contributed by atoms with Gasteiger partial charge in [0, 0.05) is 17.7 Å². The molecule has 1 aliphatic heterocycles. The van der Waals surface area contributed by atoms with Crippen molar-refractivity contribution in [3.05, 3.63) is 52.7 Å². The lowest BCUT2D eigenvalue weighted by atomic mass is 10.0. The molecule has 1 aromatic carbocycles. The number of halogens is 4. The summed E-state index contributed by atoms with van der Waals surface area (Å²) in [7, 11) is 0. The summed E-state index contributed by atoms with van der Waals surface area (Å²) >= 11 is 5.74. The van der Waals surface area contributed by atoms with Crippen LogP contribution in [0.15, 0.2) is 42.0 Å². The highest BCUT2D eigenvalue weighted by atomic mass is 35.5. The fraction of sp³-hybridized carbons (Fsp3) is 0.125. The third-order valence-corrected chi connectivity index (χ3v) is 3.49. The lowest BCUT2D eigenvalue weighted by molar-refractivity contribution is -0.187. The summed E-state index contributed by atoms with van der Waals surface area (Å²) in [4.78, 5) is 15.0. The molecule has 1 atom stereocenters. The predicted molar refractivity (Wildman–Crippen MR) is 81.8 cm³/mol. The van der Waals surface area contributed by atoms with E-state index >= 15 is 0 Å². The van der Waals surface area contributed by atoms with Gasteiger partial charge in [0.1, 0.15) is 16.7 Å². The smallest absolute Gasteiger partial charge is 0.430 e. The van der Waals surface area contributed by atoms with Crippen LogP contribution in [0.4, 0.5) is 13.2 Å². The maximum atomic E-state index is 13.1. The normalized spacial score (nSPS) is 16.5. The number of hydrogen-bond acceptors (Lipinski definition) is 4. The first-order valence-corrected chi connectivity index (χ1v) is 7.24. The number of carboxylic acids is 1. The Hall–Kier alpha value is -2.74. The van der Waals surface area contributed by atoms with Gasteiger partial charge in [-0.3, -0.25) is 0 Å². The summed E-state index contributed by atoms with van der Waals surface area (Å²) in [5.41, 5.74) is -0.686. The molecule has 5 nitrogen and oxygen atoms in total. The van der Waals surface area contributed by atoms with E-state index in [0.717, 1.165) is 6.08 Å². The second kappa shape index (κ2) is 6.29. The molecule has 25 heavy (non-hydrogen) atoms. The molecule has 3 rings (SSSR count). The van der Waals surface area contributed by atoms with Gasteiger partial charge in [0.15, 0.2) is 0 Å². The molecule has 2 heterocycles. The molecule has 1 aliphatic rings. The van der Waals surface area contributed by atoms with E-state index in [2.05, 4.69) is 4.98 Å². The molecule has 0 amide bonds. The van der Waals surface area contributed by atoms with Gasteiger partial charge in [-0.15, -0.1) is 0 Å². The van der Waals surface area contributed by atoms with E-state index in [1.807, 2.05) is 0 Å². The van der Waals surface area contributed by atoms with Gasteiger partial charge in [0.05, 0.1) is 5.57 Å². The van der Waals surface area contributed by atoms with Crippen LogP contribution in [0.25, 0.3) is 6.08 Å². The number of benzene rings is 1. The van der Waals surface area contributed by atoms with Crippen LogP contribution in [-0.4, -0.2) is 28.3 Å². The van der Waals surface area contributed by atoms with Crippen LogP contribution in [0.2, 0.25) is 5.15 Å². The van der Waals surface area contributed by atoms with Crippen molar-refractivity contribution in [2.45, 2.75) is 12.3 Å². The van der Waals surface area contributed by atoms with E-state index in [1.165, 1.54) is 30.3 Å². The van der Waals surface area contributed by atoms with Crippen LogP contribution >= 0.6 is 11.6 Å². The second-order valence-corrected chi connectivity index (χ2v) is 5.43. The topological polar surface area (TPSA) is 68.7 Å². The zero-order chi connectivity index (χ0) is 18.2. The van der Waals surface area contributed by atoms with Crippen molar-refractivity contribution in [2.24, 2.45) is 0 Å². The number of alkyl halides is 3. The van der Waals surface area contributed by atoms with Gasteiger partial charge in [-0.05, 0) is 24.3 Å². The molecule has 130 valence electrons.